The summed E-state index contributed by atoms with van der Waals surface area (Å²) in [4.78, 5) is 28.8. The van der Waals surface area contributed by atoms with E-state index in [2.05, 4.69) is 5.32 Å². The number of halogens is 1. The zero-order valence-corrected chi connectivity index (χ0v) is 25.5. The molecule has 3 aromatic carbocycles. The van der Waals surface area contributed by atoms with Gasteiger partial charge in [0.2, 0.25) is 11.8 Å². The Balaban J connectivity index is 2.08. The number of hydrogen-bond donors (Lipinski definition) is 1. The first-order valence-corrected chi connectivity index (χ1v) is 15.2. The number of nitrogens with one attached hydrogen (secondary N) is 1. The summed E-state index contributed by atoms with van der Waals surface area (Å²) >= 11 is 6.07. The largest absolute Gasteiger partial charge is 0.352 e. The van der Waals surface area contributed by atoms with Crippen molar-refractivity contribution in [3.05, 3.63) is 94.0 Å². The van der Waals surface area contributed by atoms with E-state index in [1.54, 1.807) is 60.7 Å². The first-order chi connectivity index (χ1) is 18.8. The summed E-state index contributed by atoms with van der Waals surface area (Å²) in [6, 6.07) is 17.9. The van der Waals surface area contributed by atoms with E-state index >= 15 is 0 Å². The molecule has 0 heterocycles. The van der Waals surface area contributed by atoms with Gasteiger partial charge in [0.15, 0.2) is 0 Å². The number of hydrogen-bond acceptors (Lipinski definition) is 4. The highest BCUT2D eigenvalue weighted by atomic mass is 35.5. The molecule has 0 bridgehead atoms. The van der Waals surface area contributed by atoms with Gasteiger partial charge in [0.25, 0.3) is 10.0 Å². The molecule has 0 saturated heterocycles. The third kappa shape index (κ3) is 7.64. The lowest BCUT2D eigenvalue weighted by Crippen LogP contribution is -2.53. The van der Waals surface area contributed by atoms with Gasteiger partial charge in [-0.15, -0.1) is 0 Å². The molecule has 1 atom stereocenters. The molecule has 0 aliphatic heterocycles. The SMILES string of the molecule is CC[C@H](C(=O)NC(C)C)N(Cc1ccc(Cl)cc1)C(=O)CN(c1ccc(C)c(C)c1)S(=O)(=O)c1ccc(C)cc1. The second kappa shape index (κ2) is 13.3. The summed E-state index contributed by atoms with van der Waals surface area (Å²) in [6.45, 7) is 10.9. The van der Waals surface area contributed by atoms with Crippen molar-refractivity contribution in [2.45, 2.75) is 71.5 Å². The van der Waals surface area contributed by atoms with E-state index in [0.29, 0.717) is 17.1 Å². The number of sulfonamides is 1. The fraction of sp³-hybridized carbons (Fsp3) is 0.355. The molecule has 40 heavy (non-hydrogen) atoms. The van der Waals surface area contributed by atoms with Crippen LogP contribution in [0.2, 0.25) is 5.02 Å². The Hall–Kier alpha value is -3.36. The maximum Gasteiger partial charge on any atom is 0.264 e. The quantitative estimate of drug-likeness (QED) is 0.309. The maximum atomic E-state index is 14.1. The molecule has 0 aliphatic rings. The summed E-state index contributed by atoms with van der Waals surface area (Å²) in [7, 11) is -4.11. The van der Waals surface area contributed by atoms with E-state index < -0.39 is 28.5 Å². The van der Waals surface area contributed by atoms with Crippen LogP contribution in [0.3, 0.4) is 0 Å². The number of rotatable bonds is 11. The van der Waals surface area contributed by atoms with E-state index in [1.807, 2.05) is 47.6 Å². The normalized spacial score (nSPS) is 12.2. The van der Waals surface area contributed by atoms with Crippen LogP contribution < -0.4 is 9.62 Å². The van der Waals surface area contributed by atoms with Gasteiger partial charge < -0.3 is 10.2 Å². The van der Waals surface area contributed by atoms with Crippen LogP contribution in [-0.4, -0.2) is 43.8 Å². The van der Waals surface area contributed by atoms with Crippen LogP contribution in [0, 0.1) is 20.8 Å². The van der Waals surface area contributed by atoms with Crippen molar-refractivity contribution < 1.29 is 18.0 Å². The third-order valence-corrected chi connectivity index (χ3v) is 8.79. The summed E-state index contributed by atoms with van der Waals surface area (Å²) in [6.07, 6.45) is 0.353. The van der Waals surface area contributed by atoms with Gasteiger partial charge in [0.1, 0.15) is 12.6 Å². The Morgan fingerprint density at radius 2 is 1.52 bits per heavy atom. The van der Waals surface area contributed by atoms with Crippen molar-refractivity contribution in [3.8, 4) is 0 Å². The van der Waals surface area contributed by atoms with Gasteiger partial charge in [0, 0.05) is 17.6 Å². The van der Waals surface area contributed by atoms with Crippen LogP contribution >= 0.6 is 11.6 Å². The molecule has 3 rings (SSSR count). The predicted molar refractivity (Wildman–Crippen MR) is 161 cm³/mol. The average Bonchev–Trinajstić information content (AvgIpc) is 2.89. The molecule has 3 aromatic rings. The number of amides is 2. The Morgan fingerprint density at radius 3 is 2.08 bits per heavy atom. The first-order valence-electron chi connectivity index (χ1n) is 13.3. The third-order valence-electron chi connectivity index (χ3n) is 6.75. The molecule has 0 fully saturated rings. The summed E-state index contributed by atoms with van der Waals surface area (Å²) < 4.78 is 29.1. The van der Waals surface area contributed by atoms with Crippen LogP contribution in [0.15, 0.2) is 71.6 Å². The minimum Gasteiger partial charge on any atom is -0.352 e. The fourth-order valence-electron chi connectivity index (χ4n) is 4.33. The van der Waals surface area contributed by atoms with E-state index in [9.17, 15) is 18.0 Å². The van der Waals surface area contributed by atoms with Crippen molar-refractivity contribution in [1.29, 1.82) is 0 Å². The van der Waals surface area contributed by atoms with Crippen LogP contribution in [-0.2, 0) is 26.2 Å². The standard InChI is InChI=1S/C31H38ClN3O4S/c1-7-29(31(37)33-21(2)3)34(19-25-11-13-26(32)14-12-25)30(36)20-35(27-15-10-23(5)24(6)18-27)40(38,39)28-16-8-22(4)9-17-28/h8-18,21,29H,7,19-20H2,1-6H3,(H,33,37)/t29-/m1/s1. The lowest BCUT2D eigenvalue weighted by molar-refractivity contribution is -0.140. The van der Waals surface area contributed by atoms with E-state index in [0.717, 1.165) is 26.6 Å². The van der Waals surface area contributed by atoms with Gasteiger partial charge in [-0.25, -0.2) is 8.42 Å². The molecule has 0 spiro atoms. The highest BCUT2D eigenvalue weighted by Crippen LogP contribution is 2.27. The van der Waals surface area contributed by atoms with Gasteiger partial charge in [-0.1, -0.05) is 54.4 Å². The number of carbonyl (C=O) groups excluding carboxylic acids is 2. The summed E-state index contributed by atoms with van der Waals surface area (Å²) in [5, 5.41) is 3.45. The number of carbonyl (C=O) groups is 2. The van der Waals surface area contributed by atoms with E-state index in [1.165, 1.54) is 4.90 Å². The summed E-state index contributed by atoms with van der Waals surface area (Å²) in [5.74, 6) is -0.784. The van der Waals surface area contributed by atoms with Crippen LogP contribution in [0.1, 0.15) is 49.4 Å². The van der Waals surface area contributed by atoms with Gasteiger partial charge in [0.05, 0.1) is 10.6 Å². The fourth-order valence-corrected chi connectivity index (χ4v) is 5.87. The van der Waals surface area contributed by atoms with E-state index in [4.69, 9.17) is 11.6 Å². The Morgan fingerprint density at radius 1 is 0.900 bits per heavy atom. The Labute approximate surface area is 243 Å². The molecular weight excluding hydrogens is 546 g/mol. The predicted octanol–water partition coefficient (Wildman–Crippen LogP) is 5.79. The molecule has 0 unspecified atom stereocenters. The minimum absolute atomic E-state index is 0.0815. The molecule has 9 heteroatoms. The number of benzene rings is 3. The smallest absolute Gasteiger partial charge is 0.264 e. The molecule has 0 radical (unpaired) electrons. The van der Waals surface area contributed by atoms with Gasteiger partial charge in [-0.3, -0.25) is 13.9 Å². The zero-order chi connectivity index (χ0) is 29.6. The van der Waals surface area contributed by atoms with Crippen molar-refractivity contribution in [2.24, 2.45) is 0 Å². The second-order valence-electron chi connectivity index (χ2n) is 10.3. The number of nitrogens with zero attached hydrogens (tertiary/aromatic N) is 2. The molecule has 7 nitrogen and oxygen atoms in total. The van der Waals surface area contributed by atoms with Crippen LogP contribution in [0.5, 0.6) is 0 Å². The van der Waals surface area contributed by atoms with Crippen molar-refractivity contribution in [1.82, 2.24) is 10.2 Å². The molecule has 0 aromatic heterocycles. The van der Waals surface area contributed by atoms with Gasteiger partial charge >= 0.3 is 0 Å². The lowest BCUT2D eigenvalue weighted by atomic mass is 10.1. The van der Waals surface area contributed by atoms with Gasteiger partial charge in [-0.05, 0) is 94.1 Å². The topological polar surface area (TPSA) is 86.8 Å². The lowest BCUT2D eigenvalue weighted by Gasteiger charge is -2.33. The monoisotopic (exact) mass is 583 g/mol. The highest BCUT2D eigenvalue weighted by Gasteiger charge is 2.34. The number of anilines is 1. The van der Waals surface area contributed by atoms with Gasteiger partial charge in [-0.2, -0.15) is 0 Å². The van der Waals surface area contributed by atoms with E-state index in [-0.39, 0.29) is 23.4 Å². The molecular formula is C31H38ClN3O4S. The zero-order valence-electron chi connectivity index (χ0n) is 23.9. The second-order valence-corrected chi connectivity index (χ2v) is 12.6. The minimum atomic E-state index is -4.11. The first kappa shape index (κ1) is 31.2. The average molecular weight is 584 g/mol. The maximum absolute atomic E-state index is 14.1. The molecule has 2 amide bonds. The molecule has 1 N–H and O–H groups in total. The summed E-state index contributed by atoms with van der Waals surface area (Å²) in [5.41, 5.74) is 3.97. The van der Waals surface area contributed by atoms with Crippen LogP contribution in [0.4, 0.5) is 5.69 Å². The molecule has 0 aliphatic carbocycles. The van der Waals surface area contributed by atoms with Crippen molar-refractivity contribution >= 4 is 39.1 Å². The Kier molecular flexibility index (Phi) is 10.4. The van der Waals surface area contributed by atoms with Crippen LogP contribution in [0.25, 0.3) is 0 Å². The molecule has 0 saturated carbocycles. The highest BCUT2D eigenvalue weighted by molar-refractivity contribution is 7.92. The number of aryl methyl sites for hydroxylation is 3. The molecule has 214 valence electrons. The van der Waals surface area contributed by atoms with Crippen molar-refractivity contribution in [2.75, 3.05) is 10.8 Å². The Bertz CT molecular complexity index is 1440. The van der Waals surface area contributed by atoms with Crippen molar-refractivity contribution in [3.63, 3.8) is 0 Å².